The Morgan fingerprint density at radius 3 is 3.29 bits per heavy atom. The zero-order valence-corrected chi connectivity index (χ0v) is 8.33. The van der Waals surface area contributed by atoms with E-state index in [4.69, 9.17) is 10.2 Å². The molecule has 1 aliphatic heterocycles. The van der Waals surface area contributed by atoms with Crippen molar-refractivity contribution in [3.8, 4) is 0 Å². The highest BCUT2D eigenvalue weighted by Crippen LogP contribution is 2.12. The van der Waals surface area contributed by atoms with E-state index in [9.17, 15) is 0 Å². The van der Waals surface area contributed by atoms with Crippen LogP contribution in [0.3, 0.4) is 0 Å². The molecule has 0 spiro atoms. The Hall–Kier alpha value is -0.870. The fourth-order valence-corrected chi connectivity index (χ4v) is 1.84. The molecule has 1 fully saturated rings. The van der Waals surface area contributed by atoms with Gasteiger partial charge in [0, 0.05) is 18.9 Å². The van der Waals surface area contributed by atoms with Crippen LogP contribution < -0.4 is 11.1 Å². The average Bonchev–Trinajstić information content (AvgIpc) is 2.79. The van der Waals surface area contributed by atoms with Gasteiger partial charge >= 0.3 is 0 Å². The predicted molar refractivity (Wildman–Crippen MR) is 54.0 cm³/mol. The summed E-state index contributed by atoms with van der Waals surface area (Å²) in [5.74, 6) is 1.74. The van der Waals surface area contributed by atoms with Crippen molar-refractivity contribution in [1.82, 2.24) is 10.3 Å². The number of aromatic nitrogens is 1. The first-order valence-electron chi connectivity index (χ1n) is 5.25. The third-order valence-electron chi connectivity index (χ3n) is 2.58. The van der Waals surface area contributed by atoms with E-state index in [2.05, 4.69) is 10.3 Å². The van der Waals surface area contributed by atoms with Gasteiger partial charge in [-0.1, -0.05) is 0 Å². The molecule has 1 atom stereocenters. The van der Waals surface area contributed by atoms with Crippen molar-refractivity contribution in [2.45, 2.75) is 31.7 Å². The van der Waals surface area contributed by atoms with E-state index in [1.165, 1.54) is 12.8 Å². The molecule has 1 aromatic rings. The van der Waals surface area contributed by atoms with Crippen molar-refractivity contribution >= 4 is 0 Å². The second-order valence-corrected chi connectivity index (χ2v) is 3.76. The molecule has 1 unspecified atom stereocenters. The number of hydrogen-bond donors (Lipinski definition) is 2. The van der Waals surface area contributed by atoms with Crippen LogP contribution >= 0.6 is 0 Å². The van der Waals surface area contributed by atoms with E-state index in [1.54, 1.807) is 6.20 Å². The number of nitrogens with two attached hydrogens (primary N) is 1. The van der Waals surface area contributed by atoms with Crippen LogP contribution in [0.5, 0.6) is 0 Å². The van der Waals surface area contributed by atoms with Crippen molar-refractivity contribution in [2.24, 2.45) is 5.73 Å². The molecule has 2 rings (SSSR count). The zero-order chi connectivity index (χ0) is 9.80. The summed E-state index contributed by atoms with van der Waals surface area (Å²) in [5.41, 5.74) is 5.43. The van der Waals surface area contributed by atoms with Crippen molar-refractivity contribution in [3.63, 3.8) is 0 Å². The highest BCUT2D eigenvalue weighted by atomic mass is 16.4. The smallest absolute Gasteiger partial charge is 0.195 e. The van der Waals surface area contributed by atoms with Gasteiger partial charge in [0.1, 0.15) is 5.76 Å². The monoisotopic (exact) mass is 195 g/mol. The van der Waals surface area contributed by atoms with E-state index < -0.39 is 0 Å². The maximum Gasteiger partial charge on any atom is 0.195 e. The summed E-state index contributed by atoms with van der Waals surface area (Å²) in [6.07, 6.45) is 5.97. The maximum atomic E-state index is 5.55. The predicted octanol–water partition coefficient (Wildman–Crippen LogP) is 0.470. The first-order valence-corrected chi connectivity index (χ1v) is 5.25. The van der Waals surface area contributed by atoms with Gasteiger partial charge in [0.2, 0.25) is 0 Å². The Morgan fingerprint density at radius 2 is 2.57 bits per heavy atom. The van der Waals surface area contributed by atoms with Gasteiger partial charge in [-0.25, -0.2) is 4.98 Å². The molecule has 1 saturated heterocycles. The standard InChI is InChI=1S/C10H17N3O/c11-4-3-9-7-13-10(14-9)6-8-2-1-5-12-8/h7-8,12H,1-6,11H2. The number of nitrogens with one attached hydrogen (secondary N) is 1. The summed E-state index contributed by atoms with van der Waals surface area (Å²) in [7, 11) is 0. The number of oxazole rings is 1. The van der Waals surface area contributed by atoms with Crippen molar-refractivity contribution in [2.75, 3.05) is 13.1 Å². The molecular weight excluding hydrogens is 178 g/mol. The molecular formula is C10H17N3O. The molecule has 0 aliphatic carbocycles. The van der Waals surface area contributed by atoms with Gasteiger partial charge in [-0.15, -0.1) is 0 Å². The SMILES string of the molecule is NCCc1cnc(CC2CCCN2)o1. The Bertz CT molecular complexity index is 279. The third-order valence-corrected chi connectivity index (χ3v) is 2.58. The van der Waals surface area contributed by atoms with Crippen molar-refractivity contribution < 1.29 is 4.42 Å². The van der Waals surface area contributed by atoms with Crippen LogP contribution in [-0.4, -0.2) is 24.1 Å². The first-order chi connectivity index (χ1) is 6.88. The minimum absolute atomic E-state index is 0.555. The van der Waals surface area contributed by atoms with Crippen molar-refractivity contribution in [1.29, 1.82) is 0 Å². The van der Waals surface area contributed by atoms with Gasteiger partial charge in [-0.2, -0.15) is 0 Å². The van der Waals surface area contributed by atoms with Crippen LogP contribution in [-0.2, 0) is 12.8 Å². The number of rotatable bonds is 4. The number of hydrogen-bond acceptors (Lipinski definition) is 4. The minimum Gasteiger partial charge on any atom is -0.446 e. The van der Waals surface area contributed by atoms with Crippen LogP contribution in [0.1, 0.15) is 24.5 Å². The lowest BCUT2D eigenvalue weighted by atomic mass is 10.2. The van der Waals surface area contributed by atoms with Crippen molar-refractivity contribution in [3.05, 3.63) is 17.8 Å². The first kappa shape index (κ1) is 9.68. The summed E-state index contributed by atoms with van der Waals surface area (Å²) in [4.78, 5) is 4.24. The molecule has 0 aromatic carbocycles. The topological polar surface area (TPSA) is 64.1 Å². The van der Waals surface area contributed by atoms with E-state index in [0.29, 0.717) is 12.6 Å². The lowest BCUT2D eigenvalue weighted by molar-refractivity contribution is 0.429. The molecule has 1 aliphatic rings. The van der Waals surface area contributed by atoms with Gasteiger partial charge in [-0.05, 0) is 25.9 Å². The molecule has 3 N–H and O–H groups in total. The summed E-state index contributed by atoms with van der Waals surface area (Å²) in [6.45, 7) is 1.75. The van der Waals surface area contributed by atoms with Crippen LogP contribution in [0.2, 0.25) is 0 Å². The van der Waals surface area contributed by atoms with Gasteiger partial charge in [0.15, 0.2) is 5.89 Å². The lowest BCUT2D eigenvalue weighted by Gasteiger charge is -2.05. The molecule has 1 aromatic heterocycles. The summed E-state index contributed by atoms with van der Waals surface area (Å²) < 4.78 is 5.55. The van der Waals surface area contributed by atoms with Gasteiger partial charge in [0.25, 0.3) is 0 Å². The van der Waals surface area contributed by atoms with Crippen LogP contribution in [0.25, 0.3) is 0 Å². The molecule has 0 amide bonds. The van der Waals surface area contributed by atoms with E-state index in [1.807, 2.05) is 0 Å². The van der Waals surface area contributed by atoms with Crippen LogP contribution in [0.15, 0.2) is 10.6 Å². The van der Waals surface area contributed by atoms with E-state index in [0.717, 1.165) is 31.0 Å². The third kappa shape index (κ3) is 2.33. The van der Waals surface area contributed by atoms with Crippen LogP contribution in [0, 0.1) is 0 Å². The molecule has 0 saturated carbocycles. The summed E-state index contributed by atoms with van der Waals surface area (Å²) in [5, 5.41) is 3.42. The summed E-state index contributed by atoms with van der Waals surface area (Å²) in [6, 6.07) is 0.555. The fourth-order valence-electron chi connectivity index (χ4n) is 1.84. The van der Waals surface area contributed by atoms with Crippen LogP contribution in [0.4, 0.5) is 0 Å². The van der Waals surface area contributed by atoms with E-state index >= 15 is 0 Å². The van der Waals surface area contributed by atoms with Gasteiger partial charge < -0.3 is 15.5 Å². The molecule has 0 bridgehead atoms. The highest BCUT2D eigenvalue weighted by Gasteiger charge is 2.16. The normalized spacial score (nSPS) is 21.6. The Morgan fingerprint density at radius 1 is 1.64 bits per heavy atom. The molecule has 0 radical (unpaired) electrons. The zero-order valence-electron chi connectivity index (χ0n) is 8.33. The second kappa shape index (κ2) is 4.57. The molecule has 4 heteroatoms. The molecule has 2 heterocycles. The largest absolute Gasteiger partial charge is 0.446 e. The quantitative estimate of drug-likeness (QED) is 0.733. The van der Waals surface area contributed by atoms with Gasteiger partial charge in [-0.3, -0.25) is 0 Å². The fraction of sp³-hybridized carbons (Fsp3) is 0.700. The second-order valence-electron chi connectivity index (χ2n) is 3.76. The van der Waals surface area contributed by atoms with Gasteiger partial charge in [0.05, 0.1) is 6.20 Å². The molecule has 4 nitrogen and oxygen atoms in total. The Labute approximate surface area is 83.9 Å². The maximum absolute atomic E-state index is 5.55. The summed E-state index contributed by atoms with van der Waals surface area (Å²) >= 11 is 0. The minimum atomic E-state index is 0.555. The highest BCUT2D eigenvalue weighted by molar-refractivity contribution is 4.97. The number of nitrogens with zero attached hydrogens (tertiary/aromatic N) is 1. The Balaban J connectivity index is 1.88. The Kier molecular flexibility index (Phi) is 3.16. The lowest BCUT2D eigenvalue weighted by Crippen LogP contribution is -2.23. The molecule has 14 heavy (non-hydrogen) atoms. The van der Waals surface area contributed by atoms with E-state index in [-0.39, 0.29) is 0 Å². The average molecular weight is 195 g/mol. The molecule has 78 valence electrons.